The van der Waals surface area contributed by atoms with Crippen molar-refractivity contribution in [1.82, 2.24) is 14.3 Å². The number of amides is 1. The molecule has 1 saturated heterocycles. The Morgan fingerprint density at radius 1 is 1.25 bits per heavy atom. The molecule has 1 aromatic carbocycles. The van der Waals surface area contributed by atoms with Gasteiger partial charge in [-0.15, -0.1) is 0 Å². The average molecular weight is 439 g/mol. The summed E-state index contributed by atoms with van der Waals surface area (Å²) in [4.78, 5) is 18.5. The highest BCUT2D eigenvalue weighted by Crippen LogP contribution is 2.28. The van der Waals surface area contributed by atoms with Crippen molar-refractivity contribution in [2.45, 2.75) is 5.03 Å². The first kappa shape index (κ1) is 19.1. The van der Waals surface area contributed by atoms with Crippen LogP contribution in [0.1, 0.15) is 10.4 Å². The number of rotatable bonds is 4. The van der Waals surface area contributed by atoms with E-state index in [0.717, 1.165) is 0 Å². The average Bonchev–Trinajstić information content (AvgIpc) is 3.16. The Kier molecular flexibility index (Phi) is 5.19. The number of sulfonamides is 1. The third-order valence-corrected chi connectivity index (χ3v) is 6.58. The molecule has 1 aliphatic rings. The molecule has 28 heavy (non-hydrogen) atoms. The molecule has 2 aromatic heterocycles. The summed E-state index contributed by atoms with van der Waals surface area (Å²) in [7, 11) is -4.06. The first-order chi connectivity index (χ1) is 13.5. The molecule has 0 aliphatic carbocycles. The van der Waals surface area contributed by atoms with Gasteiger partial charge in [0.1, 0.15) is 0 Å². The summed E-state index contributed by atoms with van der Waals surface area (Å²) in [5.41, 5.74) is 0.316. The number of aromatic nitrogens is 2. The predicted molar refractivity (Wildman–Crippen MR) is 106 cm³/mol. The molecule has 8 nitrogen and oxygen atoms in total. The van der Waals surface area contributed by atoms with Crippen LogP contribution in [-0.2, 0) is 14.8 Å². The molecule has 0 unspecified atom stereocenters. The van der Waals surface area contributed by atoms with Crippen molar-refractivity contribution in [2.75, 3.05) is 31.0 Å². The quantitative estimate of drug-likeness (QED) is 0.671. The van der Waals surface area contributed by atoms with E-state index < -0.39 is 10.0 Å². The van der Waals surface area contributed by atoms with E-state index in [0.29, 0.717) is 41.4 Å². The number of nitrogens with one attached hydrogen (secondary N) is 1. The molecule has 0 radical (unpaired) electrons. The van der Waals surface area contributed by atoms with E-state index in [1.54, 1.807) is 17.0 Å². The number of benzene rings is 1. The highest BCUT2D eigenvalue weighted by molar-refractivity contribution is 7.92. The van der Waals surface area contributed by atoms with Crippen LogP contribution in [-0.4, -0.2) is 54.9 Å². The van der Waals surface area contributed by atoms with Crippen molar-refractivity contribution in [3.8, 4) is 0 Å². The number of hydrogen-bond acceptors (Lipinski definition) is 7. The summed E-state index contributed by atoms with van der Waals surface area (Å²) >= 11 is 7.23. The van der Waals surface area contributed by atoms with Crippen LogP contribution in [0.2, 0.25) is 5.02 Å². The molecule has 4 rings (SSSR count). The molecule has 1 amide bonds. The maximum absolute atomic E-state index is 13.0. The number of fused-ring (bicyclic) bond motifs is 1. The zero-order valence-corrected chi connectivity index (χ0v) is 16.9. The molecular formula is C17H15ClN4O4S2. The van der Waals surface area contributed by atoms with Crippen molar-refractivity contribution in [1.29, 1.82) is 0 Å². The summed E-state index contributed by atoms with van der Waals surface area (Å²) in [5, 5.41) is 0.575. The Bertz CT molecular complexity index is 1140. The molecule has 0 saturated carbocycles. The minimum Gasteiger partial charge on any atom is -0.378 e. The van der Waals surface area contributed by atoms with Gasteiger partial charge in [-0.2, -0.15) is 12.8 Å². The molecule has 146 valence electrons. The molecule has 3 heterocycles. The van der Waals surface area contributed by atoms with Crippen LogP contribution in [0.4, 0.5) is 5.69 Å². The number of morpholine rings is 1. The highest BCUT2D eigenvalue weighted by Gasteiger charge is 2.26. The second-order valence-electron chi connectivity index (χ2n) is 6.05. The highest BCUT2D eigenvalue weighted by atomic mass is 35.5. The maximum Gasteiger partial charge on any atom is 0.280 e. The SMILES string of the molecule is O=C(c1ccc(Cl)cc1NS(=O)(=O)c1nccc2sncc12)N1CCOCC1. The Morgan fingerprint density at radius 3 is 2.82 bits per heavy atom. The van der Waals surface area contributed by atoms with Gasteiger partial charge in [-0.05, 0) is 35.8 Å². The maximum atomic E-state index is 13.0. The van der Waals surface area contributed by atoms with E-state index in [1.807, 2.05) is 0 Å². The molecule has 1 fully saturated rings. The van der Waals surface area contributed by atoms with Crippen molar-refractivity contribution < 1.29 is 17.9 Å². The van der Waals surface area contributed by atoms with Crippen LogP contribution in [0.3, 0.4) is 0 Å². The summed E-state index contributed by atoms with van der Waals surface area (Å²) < 4.78 is 38.4. The fourth-order valence-corrected chi connectivity index (χ4v) is 4.99. The second kappa shape index (κ2) is 7.63. The van der Waals surface area contributed by atoms with Crippen molar-refractivity contribution >= 4 is 54.8 Å². The van der Waals surface area contributed by atoms with Gasteiger partial charge in [-0.25, -0.2) is 4.98 Å². The first-order valence-electron chi connectivity index (χ1n) is 8.34. The number of halogens is 1. The lowest BCUT2D eigenvalue weighted by Gasteiger charge is -2.27. The third kappa shape index (κ3) is 3.68. The van der Waals surface area contributed by atoms with Crippen molar-refractivity contribution in [3.63, 3.8) is 0 Å². The lowest BCUT2D eigenvalue weighted by atomic mass is 10.1. The summed E-state index contributed by atoms with van der Waals surface area (Å²) in [6.45, 7) is 1.76. The Hall–Kier alpha value is -2.27. The van der Waals surface area contributed by atoms with Gasteiger partial charge in [0.15, 0.2) is 5.03 Å². The number of carbonyl (C=O) groups is 1. The van der Waals surface area contributed by atoms with Gasteiger partial charge in [0.05, 0.1) is 40.7 Å². The van der Waals surface area contributed by atoms with Gasteiger partial charge >= 0.3 is 0 Å². The van der Waals surface area contributed by atoms with Crippen LogP contribution in [0.15, 0.2) is 41.7 Å². The monoisotopic (exact) mass is 438 g/mol. The minimum absolute atomic E-state index is 0.103. The van der Waals surface area contributed by atoms with Gasteiger partial charge in [-0.3, -0.25) is 9.52 Å². The second-order valence-corrected chi connectivity index (χ2v) is 8.92. The van der Waals surface area contributed by atoms with Gasteiger partial charge in [0.2, 0.25) is 0 Å². The molecule has 1 aliphatic heterocycles. The summed E-state index contributed by atoms with van der Waals surface area (Å²) in [6.07, 6.45) is 2.87. The Morgan fingerprint density at radius 2 is 2.04 bits per heavy atom. The zero-order valence-electron chi connectivity index (χ0n) is 14.5. The van der Waals surface area contributed by atoms with Gasteiger partial charge in [0, 0.05) is 24.3 Å². The van der Waals surface area contributed by atoms with Crippen LogP contribution in [0.25, 0.3) is 10.1 Å². The number of anilines is 1. The van der Waals surface area contributed by atoms with E-state index in [1.165, 1.54) is 36.1 Å². The standard InChI is InChI=1S/C17H15ClN4O4S2/c18-11-1-2-12(17(23)22-5-7-26-8-6-22)14(9-11)21-28(24,25)16-13-10-20-27-15(13)3-4-19-16/h1-4,9-10,21H,5-8H2. The van der Waals surface area contributed by atoms with E-state index >= 15 is 0 Å². The lowest BCUT2D eigenvalue weighted by molar-refractivity contribution is 0.0303. The number of hydrogen-bond donors (Lipinski definition) is 1. The normalized spacial score (nSPS) is 15.0. The predicted octanol–water partition coefficient (Wildman–Crippen LogP) is 2.62. The van der Waals surface area contributed by atoms with E-state index in [2.05, 4.69) is 14.1 Å². The molecule has 3 aromatic rings. The Labute approximate surface area is 170 Å². The molecule has 0 spiro atoms. The molecular weight excluding hydrogens is 424 g/mol. The first-order valence-corrected chi connectivity index (χ1v) is 11.0. The number of carbonyl (C=O) groups excluding carboxylic acids is 1. The number of ether oxygens (including phenoxy) is 1. The topological polar surface area (TPSA) is 101 Å². The molecule has 0 bridgehead atoms. The smallest absolute Gasteiger partial charge is 0.280 e. The van der Waals surface area contributed by atoms with Crippen LogP contribution in [0, 0.1) is 0 Å². The fourth-order valence-electron chi connectivity index (χ4n) is 2.90. The van der Waals surface area contributed by atoms with Crippen LogP contribution in [0.5, 0.6) is 0 Å². The largest absolute Gasteiger partial charge is 0.378 e. The third-order valence-electron chi connectivity index (χ3n) is 4.26. The number of nitrogens with zero attached hydrogens (tertiary/aromatic N) is 3. The minimum atomic E-state index is -4.06. The molecule has 0 atom stereocenters. The number of pyridine rings is 1. The molecule has 11 heteroatoms. The lowest BCUT2D eigenvalue weighted by Crippen LogP contribution is -2.41. The van der Waals surface area contributed by atoms with E-state index in [4.69, 9.17) is 16.3 Å². The van der Waals surface area contributed by atoms with Crippen molar-refractivity contribution in [3.05, 3.63) is 47.2 Å². The van der Waals surface area contributed by atoms with E-state index in [-0.39, 0.29) is 22.2 Å². The summed E-state index contributed by atoms with van der Waals surface area (Å²) in [6, 6.07) is 6.17. The van der Waals surface area contributed by atoms with Gasteiger partial charge in [0.25, 0.3) is 15.9 Å². The van der Waals surface area contributed by atoms with E-state index in [9.17, 15) is 13.2 Å². The van der Waals surface area contributed by atoms with Gasteiger partial charge < -0.3 is 9.64 Å². The fraction of sp³-hybridized carbons (Fsp3) is 0.235. The Balaban J connectivity index is 1.72. The van der Waals surface area contributed by atoms with Crippen molar-refractivity contribution in [2.24, 2.45) is 0 Å². The zero-order chi connectivity index (χ0) is 19.7. The summed E-state index contributed by atoms with van der Waals surface area (Å²) in [5.74, 6) is -0.291. The van der Waals surface area contributed by atoms with Gasteiger partial charge in [-0.1, -0.05) is 11.6 Å². The van der Waals surface area contributed by atoms with Crippen LogP contribution < -0.4 is 4.72 Å². The molecule has 1 N–H and O–H groups in total. The van der Waals surface area contributed by atoms with Crippen LogP contribution >= 0.6 is 23.1 Å².